The minimum atomic E-state index is -0.360. The van der Waals surface area contributed by atoms with Crippen molar-refractivity contribution in [2.24, 2.45) is 11.1 Å². The molecule has 0 radical (unpaired) electrons. The Bertz CT molecular complexity index is 1220. The first kappa shape index (κ1) is 31.1. The highest BCUT2D eigenvalue weighted by Crippen LogP contribution is 2.25. The lowest BCUT2D eigenvalue weighted by Gasteiger charge is -2.32. The van der Waals surface area contributed by atoms with Crippen molar-refractivity contribution in [2.45, 2.75) is 70.9 Å². The first-order chi connectivity index (χ1) is 20.1. The lowest BCUT2D eigenvalue weighted by Crippen LogP contribution is -2.35. The molecule has 0 unspecified atom stereocenters. The standard InChI is InChI=1S/C35H45ClN2O3/c1-3-4-5-6-7-14-34(39)30-11-8-10-28(23-30)25-38-21-19-27(20-22-38)26-41-33-13-9-12-31(24-33)35(37-40-2)29-15-17-32(36)18-16-29/h8-13,15-18,23-24,27,34,39H,3-7,14,19-22,25-26H2,1-2H3/t34-/m1/s1. The molecule has 3 aromatic rings. The van der Waals surface area contributed by atoms with Crippen molar-refractivity contribution < 1.29 is 14.7 Å². The van der Waals surface area contributed by atoms with Gasteiger partial charge < -0.3 is 14.7 Å². The van der Waals surface area contributed by atoms with Gasteiger partial charge in [-0.15, -0.1) is 0 Å². The monoisotopic (exact) mass is 576 g/mol. The molecule has 0 saturated carbocycles. The minimum absolute atomic E-state index is 0.360. The van der Waals surface area contributed by atoms with E-state index in [4.69, 9.17) is 21.2 Å². The molecule has 0 spiro atoms. The summed E-state index contributed by atoms with van der Waals surface area (Å²) in [5, 5.41) is 15.6. The van der Waals surface area contributed by atoms with Gasteiger partial charge in [-0.25, -0.2) is 0 Å². The number of aliphatic hydroxyl groups excluding tert-OH is 1. The van der Waals surface area contributed by atoms with Gasteiger partial charge in [-0.3, -0.25) is 4.90 Å². The Balaban J connectivity index is 1.24. The smallest absolute Gasteiger partial charge is 0.119 e. The van der Waals surface area contributed by atoms with Crippen molar-refractivity contribution in [1.29, 1.82) is 0 Å². The van der Waals surface area contributed by atoms with E-state index in [-0.39, 0.29) is 6.10 Å². The summed E-state index contributed by atoms with van der Waals surface area (Å²) in [5.41, 5.74) is 4.95. The van der Waals surface area contributed by atoms with E-state index in [0.717, 1.165) is 73.5 Å². The first-order valence-electron chi connectivity index (χ1n) is 15.1. The van der Waals surface area contributed by atoms with Gasteiger partial charge in [0.1, 0.15) is 18.6 Å². The molecule has 220 valence electrons. The van der Waals surface area contributed by atoms with E-state index in [0.29, 0.717) is 17.5 Å². The molecule has 5 nitrogen and oxygen atoms in total. The van der Waals surface area contributed by atoms with E-state index in [1.165, 1.54) is 31.2 Å². The number of halogens is 1. The third kappa shape index (κ3) is 9.88. The van der Waals surface area contributed by atoms with Crippen LogP contribution in [0.2, 0.25) is 5.02 Å². The summed E-state index contributed by atoms with van der Waals surface area (Å²) in [6, 6.07) is 24.2. The number of aliphatic hydroxyl groups is 1. The lowest BCUT2D eigenvalue weighted by molar-refractivity contribution is 0.136. The molecule has 1 aliphatic heterocycles. The zero-order valence-corrected chi connectivity index (χ0v) is 25.4. The van der Waals surface area contributed by atoms with Gasteiger partial charge in [-0.1, -0.05) is 104 Å². The molecular weight excluding hydrogens is 532 g/mol. The largest absolute Gasteiger partial charge is 0.493 e. The Labute approximate surface area is 251 Å². The molecule has 1 atom stereocenters. The molecule has 41 heavy (non-hydrogen) atoms. The second kappa shape index (κ2) is 16.5. The van der Waals surface area contributed by atoms with Crippen molar-refractivity contribution in [3.8, 4) is 5.75 Å². The molecule has 1 heterocycles. The van der Waals surface area contributed by atoms with Crippen molar-refractivity contribution in [1.82, 2.24) is 4.90 Å². The van der Waals surface area contributed by atoms with Crippen molar-refractivity contribution in [2.75, 3.05) is 26.8 Å². The summed E-state index contributed by atoms with van der Waals surface area (Å²) in [7, 11) is 1.55. The topological polar surface area (TPSA) is 54.3 Å². The highest BCUT2D eigenvalue weighted by molar-refractivity contribution is 6.30. The summed E-state index contributed by atoms with van der Waals surface area (Å²) < 4.78 is 6.26. The summed E-state index contributed by atoms with van der Waals surface area (Å²) in [4.78, 5) is 7.65. The maximum atomic E-state index is 10.7. The van der Waals surface area contributed by atoms with Gasteiger partial charge in [0.05, 0.1) is 12.7 Å². The van der Waals surface area contributed by atoms with Gasteiger partial charge in [-0.2, -0.15) is 0 Å². The minimum Gasteiger partial charge on any atom is -0.493 e. The Morgan fingerprint density at radius 1 is 0.951 bits per heavy atom. The van der Waals surface area contributed by atoms with E-state index in [9.17, 15) is 5.11 Å². The molecule has 3 aromatic carbocycles. The second-order valence-electron chi connectivity index (χ2n) is 11.2. The summed E-state index contributed by atoms with van der Waals surface area (Å²) in [5.74, 6) is 1.36. The number of hydrogen-bond acceptors (Lipinski definition) is 5. The first-order valence-corrected chi connectivity index (χ1v) is 15.5. The quantitative estimate of drug-likeness (QED) is 0.112. The number of nitrogens with zero attached hydrogens (tertiary/aromatic N) is 2. The average molecular weight is 577 g/mol. The molecule has 0 bridgehead atoms. The molecule has 1 saturated heterocycles. The Morgan fingerprint density at radius 3 is 2.46 bits per heavy atom. The number of rotatable bonds is 15. The van der Waals surface area contributed by atoms with Crippen LogP contribution < -0.4 is 4.74 Å². The number of unbranched alkanes of at least 4 members (excludes halogenated alkanes) is 4. The fourth-order valence-electron chi connectivity index (χ4n) is 5.49. The predicted octanol–water partition coefficient (Wildman–Crippen LogP) is 8.42. The maximum Gasteiger partial charge on any atom is 0.119 e. The summed E-state index contributed by atoms with van der Waals surface area (Å²) >= 11 is 6.07. The van der Waals surface area contributed by atoms with E-state index in [1.54, 1.807) is 7.11 Å². The van der Waals surface area contributed by atoms with Crippen LogP contribution in [-0.4, -0.2) is 42.5 Å². The van der Waals surface area contributed by atoms with E-state index < -0.39 is 0 Å². The maximum absolute atomic E-state index is 10.7. The highest BCUT2D eigenvalue weighted by atomic mass is 35.5. The molecule has 1 N–H and O–H groups in total. The zero-order chi connectivity index (χ0) is 28.9. The Kier molecular flexibility index (Phi) is 12.5. The van der Waals surface area contributed by atoms with E-state index in [1.807, 2.05) is 48.5 Å². The van der Waals surface area contributed by atoms with Crippen LogP contribution >= 0.6 is 11.6 Å². The fraction of sp³-hybridized carbons (Fsp3) is 0.457. The molecule has 0 aliphatic carbocycles. The number of piperidine rings is 1. The zero-order valence-electron chi connectivity index (χ0n) is 24.6. The van der Waals surface area contributed by atoms with Crippen LogP contribution in [0.5, 0.6) is 5.75 Å². The predicted molar refractivity (Wildman–Crippen MR) is 169 cm³/mol. The fourth-order valence-corrected chi connectivity index (χ4v) is 5.62. The molecule has 4 rings (SSSR count). The normalized spacial score (nSPS) is 15.6. The molecule has 0 aromatic heterocycles. The second-order valence-corrected chi connectivity index (χ2v) is 11.6. The van der Waals surface area contributed by atoms with Gasteiger partial charge in [-0.05, 0) is 73.7 Å². The van der Waals surface area contributed by atoms with Crippen LogP contribution in [0.15, 0.2) is 78.0 Å². The summed E-state index contributed by atoms with van der Waals surface area (Å²) in [6.07, 6.45) is 8.83. The molecule has 0 amide bonds. The molecule has 6 heteroatoms. The summed E-state index contributed by atoms with van der Waals surface area (Å²) in [6.45, 7) is 5.98. The third-order valence-corrected chi connectivity index (χ3v) is 8.18. The number of likely N-dealkylation sites (tertiary alicyclic amines) is 1. The van der Waals surface area contributed by atoms with Gasteiger partial charge in [0, 0.05) is 22.7 Å². The van der Waals surface area contributed by atoms with E-state index in [2.05, 4.69) is 41.2 Å². The number of ether oxygens (including phenoxy) is 1. The van der Waals surface area contributed by atoms with Crippen LogP contribution in [0.1, 0.15) is 86.6 Å². The van der Waals surface area contributed by atoms with Crippen LogP contribution in [0, 0.1) is 5.92 Å². The van der Waals surface area contributed by atoms with Crippen LogP contribution in [0.4, 0.5) is 0 Å². The number of oxime groups is 1. The highest BCUT2D eigenvalue weighted by Gasteiger charge is 2.20. The van der Waals surface area contributed by atoms with Crippen molar-refractivity contribution in [3.63, 3.8) is 0 Å². The van der Waals surface area contributed by atoms with Crippen LogP contribution in [-0.2, 0) is 11.4 Å². The van der Waals surface area contributed by atoms with Gasteiger partial charge in [0.15, 0.2) is 0 Å². The number of benzene rings is 3. The van der Waals surface area contributed by atoms with E-state index >= 15 is 0 Å². The van der Waals surface area contributed by atoms with Gasteiger partial charge in [0.2, 0.25) is 0 Å². The van der Waals surface area contributed by atoms with Gasteiger partial charge in [0.25, 0.3) is 0 Å². The Hall–Kier alpha value is -2.86. The molecule has 1 fully saturated rings. The van der Waals surface area contributed by atoms with Crippen molar-refractivity contribution >= 4 is 17.3 Å². The lowest BCUT2D eigenvalue weighted by atomic mass is 9.96. The third-order valence-electron chi connectivity index (χ3n) is 7.92. The molecular formula is C35H45ClN2O3. The number of hydrogen-bond donors (Lipinski definition) is 1. The van der Waals surface area contributed by atoms with Crippen LogP contribution in [0.25, 0.3) is 0 Å². The molecule has 1 aliphatic rings. The SMILES string of the molecule is CCCCCCC[C@@H](O)c1cccc(CN2CCC(COc3cccc(C(=NOC)c4ccc(Cl)cc4)c3)CC2)c1. The van der Waals surface area contributed by atoms with Gasteiger partial charge >= 0.3 is 0 Å². The Morgan fingerprint density at radius 2 is 1.71 bits per heavy atom. The average Bonchev–Trinajstić information content (AvgIpc) is 3.00. The van der Waals surface area contributed by atoms with Crippen LogP contribution in [0.3, 0.4) is 0 Å². The van der Waals surface area contributed by atoms with Crippen molar-refractivity contribution in [3.05, 3.63) is 100 Å².